The van der Waals surface area contributed by atoms with Crippen LogP contribution in [0.2, 0.25) is 0 Å². The molecule has 1 saturated heterocycles. The zero-order valence-electron chi connectivity index (χ0n) is 12.8. The van der Waals surface area contributed by atoms with Gasteiger partial charge in [-0.2, -0.15) is 0 Å². The minimum absolute atomic E-state index is 0.179. The second-order valence-electron chi connectivity index (χ2n) is 6.13. The fraction of sp³-hybridized carbons (Fsp3) is 0.588. The lowest BCUT2D eigenvalue weighted by Gasteiger charge is -2.34. The van der Waals surface area contributed by atoms with Gasteiger partial charge in [-0.3, -0.25) is 4.79 Å². The van der Waals surface area contributed by atoms with E-state index >= 15 is 0 Å². The molecule has 0 radical (unpaired) electrons. The van der Waals surface area contributed by atoms with Crippen LogP contribution in [-0.4, -0.2) is 31.6 Å². The number of nitrogens with zero attached hydrogens (tertiary/aromatic N) is 1. The van der Waals surface area contributed by atoms with Gasteiger partial charge in [0.05, 0.1) is 0 Å². The van der Waals surface area contributed by atoms with Crippen molar-refractivity contribution in [3.8, 4) is 0 Å². The fourth-order valence-corrected chi connectivity index (χ4v) is 3.00. The molecular weight excluding hydrogens is 262 g/mol. The van der Waals surface area contributed by atoms with Crippen molar-refractivity contribution in [2.45, 2.75) is 38.6 Å². The summed E-state index contributed by atoms with van der Waals surface area (Å²) in [4.78, 5) is 14.3. The first kappa shape index (κ1) is 14.4. The summed E-state index contributed by atoms with van der Waals surface area (Å²) in [5.74, 6) is 0.433. The predicted molar refractivity (Wildman–Crippen MR) is 86.7 cm³/mol. The van der Waals surface area contributed by atoms with Crippen LogP contribution >= 0.6 is 0 Å². The molecule has 1 aromatic rings. The Labute approximate surface area is 126 Å². The average Bonchev–Trinajstić information content (AvgIpc) is 3.33. The van der Waals surface area contributed by atoms with Gasteiger partial charge in [-0.25, -0.2) is 0 Å². The van der Waals surface area contributed by atoms with Gasteiger partial charge in [-0.15, -0.1) is 0 Å². The number of anilines is 2. The van der Waals surface area contributed by atoms with E-state index in [-0.39, 0.29) is 11.8 Å². The third kappa shape index (κ3) is 3.76. The van der Waals surface area contributed by atoms with Crippen LogP contribution in [-0.2, 0) is 4.79 Å². The smallest absolute Gasteiger partial charge is 0.227 e. The second-order valence-corrected chi connectivity index (χ2v) is 6.13. The molecule has 1 amide bonds. The number of amides is 1. The Morgan fingerprint density at radius 2 is 2.00 bits per heavy atom. The van der Waals surface area contributed by atoms with Gasteiger partial charge in [0.2, 0.25) is 5.91 Å². The van der Waals surface area contributed by atoms with Crippen molar-refractivity contribution in [2.75, 3.05) is 29.9 Å². The van der Waals surface area contributed by atoms with Crippen molar-refractivity contribution in [3.05, 3.63) is 24.3 Å². The number of carbonyl (C=O) groups excluding carboxylic acids is 1. The molecule has 21 heavy (non-hydrogen) atoms. The Hall–Kier alpha value is -1.55. The maximum atomic E-state index is 11.8. The summed E-state index contributed by atoms with van der Waals surface area (Å²) in [6.45, 7) is 5.38. The highest BCUT2D eigenvalue weighted by molar-refractivity contribution is 5.94. The van der Waals surface area contributed by atoms with E-state index in [0.717, 1.165) is 38.2 Å². The molecule has 4 nitrogen and oxygen atoms in total. The molecule has 1 saturated carbocycles. The molecule has 0 spiro atoms. The van der Waals surface area contributed by atoms with Gasteiger partial charge < -0.3 is 15.5 Å². The number of hydrogen-bond donors (Lipinski definition) is 2. The monoisotopic (exact) mass is 287 g/mol. The van der Waals surface area contributed by atoms with Crippen molar-refractivity contribution in [1.29, 1.82) is 0 Å². The molecule has 2 aliphatic rings. The van der Waals surface area contributed by atoms with Gasteiger partial charge in [0.25, 0.3) is 0 Å². The number of nitrogens with one attached hydrogen (secondary N) is 2. The zero-order valence-corrected chi connectivity index (χ0v) is 12.8. The largest absolute Gasteiger partial charge is 0.371 e. The number of piperidine rings is 1. The van der Waals surface area contributed by atoms with E-state index in [1.54, 1.807) is 0 Å². The molecule has 4 heteroatoms. The van der Waals surface area contributed by atoms with Crippen molar-refractivity contribution in [2.24, 2.45) is 5.92 Å². The number of hydrogen-bond acceptors (Lipinski definition) is 3. The average molecular weight is 287 g/mol. The van der Waals surface area contributed by atoms with Crippen LogP contribution in [0, 0.1) is 5.92 Å². The van der Waals surface area contributed by atoms with Crippen LogP contribution in [0.4, 0.5) is 11.4 Å². The minimum Gasteiger partial charge on any atom is -0.371 e. The van der Waals surface area contributed by atoms with Crippen molar-refractivity contribution in [3.63, 3.8) is 0 Å². The van der Waals surface area contributed by atoms with Crippen LogP contribution in [0.15, 0.2) is 24.3 Å². The first-order chi connectivity index (χ1) is 10.3. The fourth-order valence-electron chi connectivity index (χ4n) is 3.00. The van der Waals surface area contributed by atoms with Crippen LogP contribution < -0.4 is 15.5 Å². The van der Waals surface area contributed by atoms with E-state index in [4.69, 9.17) is 0 Å². The van der Waals surface area contributed by atoms with Gasteiger partial charge in [0, 0.05) is 36.4 Å². The SMILES string of the molecule is CCNC1CCN(c2cccc(NC(=O)C3CC3)c2)CC1. The number of rotatable bonds is 5. The van der Waals surface area contributed by atoms with Gasteiger partial charge in [0.1, 0.15) is 0 Å². The first-order valence-electron chi connectivity index (χ1n) is 8.15. The molecule has 0 unspecified atom stereocenters. The quantitative estimate of drug-likeness (QED) is 0.875. The number of carbonyl (C=O) groups is 1. The molecule has 0 aromatic heterocycles. The molecule has 2 fully saturated rings. The van der Waals surface area contributed by atoms with Crippen LogP contribution in [0.5, 0.6) is 0 Å². The van der Waals surface area contributed by atoms with Gasteiger partial charge in [0.15, 0.2) is 0 Å². The zero-order chi connectivity index (χ0) is 14.7. The summed E-state index contributed by atoms with van der Waals surface area (Å²) in [5, 5.41) is 6.56. The van der Waals surface area contributed by atoms with Gasteiger partial charge in [-0.05, 0) is 50.4 Å². The van der Waals surface area contributed by atoms with Crippen LogP contribution in [0.3, 0.4) is 0 Å². The molecule has 1 aliphatic heterocycles. The summed E-state index contributed by atoms with van der Waals surface area (Å²) in [6.07, 6.45) is 4.46. The Balaban J connectivity index is 1.59. The standard InChI is InChI=1S/C17H25N3O/c1-2-18-14-8-10-20(11-9-14)16-5-3-4-15(12-16)19-17(21)13-6-7-13/h3-5,12-14,18H,2,6-11H2,1H3,(H,19,21). The number of benzene rings is 1. The third-order valence-electron chi connectivity index (χ3n) is 4.41. The molecule has 2 N–H and O–H groups in total. The molecule has 3 rings (SSSR count). The van der Waals surface area contributed by atoms with E-state index in [1.807, 2.05) is 12.1 Å². The summed E-state index contributed by atoms with van der Waals surface area (Å²) in [6, 6.07) is 8.92. The van der Waals surface area contributed by atoms with Crippen molar-refractivity contribution >= 4 is 17.3 Å². The topological polar surface area (TPSA) is 44.4 Å². The Morgan fingerprint density at radius 1 is 1.24 bits per heavy atom. The Morgan fingerprint density at radius 3 is 2.67 bits per heavy atom. The Kier molecular flexibility index (Phi) is 4.44. The lowest BCUT2D eigenvalue weighted by molar-refractivity contribution is -0.117. The molecule has 114 valence electrons. The minimum atomic E-state index is 0.179. The van der Waals surface area contributed by atoms with Crippen LogP contribution in [0.1, 0.15) is 32.6 Å². The van der Waals surface area contributed by atoms with Crippen molar-refractivity contribution < 1.29 is 4.79 Å². The molecule has 1 aromatic carbocycles. The maximum Gasteiger partial charge on any atom is 0.227 e. The van der Waals surface area contributed by atoms with Gasteiger partial charge in [-0.1, -0.05) is 13.0 Å². The molecule has 1 aliphatic carbocycles. The highest BCUT2D eigenvalue weighted by Gasteiger charge is 2.29. The first-order valence-corrected chi connectivity index (χ1v) is 8.15. The summed E-state index contributed by atoms with van der Waals surface area (Å²) < 4.78 is 0. The third-order valence-corrected chi connectivity index (χ3v) is 4.41. The molecule has 1 heterocycles. The highest BCUT2D eigenvalue weighted by Crippen LogP contribution is 2.31. The van der Waals surface area contributed by atoms with E-state index in [2.05, 4.69) is 34.6 Å². The second kappa shape index (κ2) is 6.48. The lowest BCUT2D eigenvalue weighted by Crippen LogP contribution is -2.42. The summed E-state index contributed by atoms with van der Waals surface area (Å²) in [7, 11) is 0. The van der Waals surface area contributed by atoms with E-state index in [9.17, 15) is 4.79 Å². The van der Waals surface area contributed by atoms with Gasteiger partial charge >= 0.3 is 0 Å². The Bertz CT molecular complexity index is 491. The van der Waals surface area contributed by atoms with E-state index in [1.165, 1.54) is 18.5 Å². The van der Waals surface area contributed by atoms with Crippen LogP contribution in [0.25, 0.3) is 0 Å². The van der Waals surface area contributed by atoms with Crippen molar-refractivity contribution in [1.82, 2.24) is 5.32 Å². The summed E-state index contributed by atoms with van der Waals surface area (Å²) >= 11 is 0. The molecular formula is C17H25N3O. The summed E-state index contributed by atoms with van der Waals surface area (Å²) in [5.41, 5.74) is 2.15. The highest BCUT2D eigenvalue weighted by atomic mass is 16.2. The normalized spacial score (nSPS) is 19.6. The van der Waals surface area contributed by atoms with E-state index < -0.39 is 0 Å². The maximum absolute atomic E-state index is 11.8. The lowest BCUT2D eigenvalue weighted by atomic mass is 10.0. The predicted octanol–water partition coefficient (Wildman–Crippen LogP) is 2.61. The molecule has 0 atom stereocenters. The molecule has 0 bridgehead atoms. The van der Waals surface area contributed by atoms with E-state index in [0.29, 0.717) is 6.04 Å².